The number of hydrogen-bond acceptors (Lipinski definition) is 3. The molecule has 2 bridgehead atoms. The minimum atomic E-state index is -0.219. The fourth-order valence-corrected chi connectivity index (χ4v) is 9.67. The van der Waals surface area contributed by atoms with Gasteiger partial charge in [0.1, 0.15) is 0 Å². The van der Waals surface area contributed by atoms with Crippen molar-refractivity contribution in [3.63, 3.8) is 0 Å². The van der Waals surface area contributed by atoms with E-state index in [1.807, 2.05) is 12.4 Å². The van der Waals surface area contributed by atoms with Crippen molar-refractivity contribution >= 4 is 10.8 Å². The van der Waals surface area contributed by atoms with Gasteiger partial charge in [-0.25, -0.2) is 0 Å². The molecule has 1 aromatic carbocycles. The van der Waals surface area contributed by atoms with E-state index in [-0.39, 0.29) is 33.3 Å². The summed E-state index contributed by atoms with van der Waals surface area (Å²) >= 11 is 0. The van der Waals surface area contributed by atoms with E-state index in [9.17, 15) is 5.21 Å². The molecular formula is C33H42N2O2. The van der Waals surface area contributed by atoms with Crippen molar-refractivity contribution in [1.82, 2.24) is 4.98 Å². The second-order valence-electron chi connectivity index (χ2n) is 13.4. The lowest BCUT2D eigenvalue weighted by molar-refractivity contribution is -0.925. The van der Waals surface area contributed by atoms with E-state index in [2.05, 4.69) is 69.1 Å². The van der Waals surface area contributed by atoms with E-state index < -0.39 is 0 Å². The molecule has 2 aromatic rings. The molecule has 1 aromatic heterocycles. The number of benzene rings is 1. The Morgan fingerprint density at radius 1 is 1.14 bits per heavy atom. The van der Waals surface area contributed by atoms with Gasteiger partial charge in [0.25, 0.3) is 0 Å². The maximum atomic E-state index is 13.9. The molecule has 3 aliphatic carbocycles. The maximum Gasteiger partial charge on any atom is 0.0975 e. The third kappa shape index (κ3) is 3.16. The van der Waals surface area contributed by atoms with E-state index in [4.69, 9.17) is 4.74 Å². The standard InChI is InChI=1S/C33H42N2O2/c1-5-35(36,22(2)3)28-9-8-26-19-27-12-14-31(4)29(24-7-6-23-13-17-34-21-25(23)18-24)10-11-30(31)33(27)16-15-32(26,20-28)37-33/h6-7,12-13,17-19,21-22,28-30H,5,8-11,14-16,20H2,1-4H3/t28?,29?,30-,31?,32-,33-,35?/m1/s1. The lowest BCUT2D eigenvalue weighted by atomic mass is 9.58. The molecule has 2 saturated carbocycles. The van der Waals surface area contributed by atoms with Crippen LogP contribution in [0.15, 0.2) is 60.0 Å². The highest BCUT2D eigenvalue weighted by Crippen LogP contribution is 2.69. The van der Waals surface area contributed by atoms with Crippen LogP contribution in [-0.2, 0) is 4.74 Å². The van der Waals surface area contributed by atoms with E-state index in [0.29, 0.717) is 18.4 Å². The lowest BCUT2D eigenvalue weighted by Gasteiger charge is -2.58. The number of hydroxylamine groups is 3. The minimum Gasteiger partial charge on any atom is -0.632 e. The van der Waals surface area contributed by atoms with Gasteiger partial charge in [-0.15, -0.1) is 0 Å². The van der Waals surface area contributed by atoms with Crippen LogP contribution in [0.25, 0.3) is 10.8 Å². The number of fused-ring (bicyclic) bond motifs is 2. The number of rotatable bonds is 4. The summed E-state index contributed by atoms with van der Waals surface area (Å²) in [5.74, 6) is 1.06. The number of nitrogens with zero attached hydrogens (tertiary/aromatic N) is 2. The van der Waals surface area contributed by atoms with Gasteiger partial charge in [-0.3, -0.25) is 4.98 Å². The average Bonchev–Trinajstić information content (AvgIpc) is 3.42. The molecule has 37 heavy (non-hydrogen) atoms. The van der Waals surface area contributed by atoms with Crippen LogP contribution in [0.4, 0.5) is 0 Å². The Labute approximate surface area is 222 Å². The van der Waals surface area contributed by atoms with Crippen LogP contribution in [0.1, 0.15) is 90.5 Å². The van der Waals surface area contributed by atoms with Crippen LogP contribution >= 0.6 is 0 Å². The van der Waals surface area contributed by atoms with Gasteiger partial charge in [0, 0.05) is 30.6 Å². The highest BCUT2D eigenvalue weighted by atomic mass is 16.6. The fourth-order valence-electron chi connectivity index (χ4n) is 9.67. The highest BCUT2D eigenvalue weighted by molar-refractivity contribution is 5.82. The fraction of sp³-hybridized carbons (Fsp3) is 0.606. The molecule has 4 nitrogen and oxygen atoms in total. The van der Waals surface area contributed by atoms with Gasteiger partial charge >= 0.3 is 0 Å². The molecule has 2 spiro atoms. The molecule has 0 N–H and O–H groups in total. The Morgan fingerprint density at radius 3 is 2.81 bits per heavy atom. The first-order valence-corrected chi connectivity index (χ1v) is 14.8. The summed E-state index contributed by atoms with van der Waals surface area (Å²) in [4.78, 5) is 4.38. The molecule has 3 heterocycles. The van der Waals surface area contributed by atoms with E-state index in [0.717, 1.165) is 38.5 Å². The first-order valence-electron chi connectivity index (χ1n) is 14.8. The number of quaternary nitrogens is 1. The van der Waals surface area contributed by atoms with Crippen molar-refractivity contribution in [1.29, 1.82) is 0 Å². The quantitative estimate of drug-likeness (QED) is 0.322. The molecule has 0 amide bonds. The monoisotopic (exact) mass is 498 g/mol. The second-order valence-corrected chi connectivity index (χ2v) is 13.4. The number of allylic oxidation sites excluding steroid dienone is 1. The third-order valence-electron chi connectivity index (χ3n) is 11.7. The van der Waals surface area contributed by atoms with Gasteiger partial charge in [-0.1, -0.05) is 31.2 Å². The Kier molecular flexibility index (Phi) is 5.20. The largest absolute Gasteiger partial charge is 0.632 e. The molecule has 7 atom stereocenters. The summed E-state index contributed by atoms with van der Waals surface area (Å²) in [5, 5.41) is 16.4. The van der Waals surface area contributed by atoms with Crippen LogP contribution in [0.5, 0.6) is 0 Å². The molecule has 2 aliphatic heterocycles. The van der Waals surface area contributed by atoms with Gasteiger partial charge in [-0.05, 0) is 111 Å². The summed E-state index contributed by atoms with van der Waals surface area (Å²) in [6, 6.07) is 9.37. The number of pyridine rings is 1. The normalized spacial score (nSPS) is 40.0. The van der Waals surface area contributed by atoms with Gasteiger partial charge in [0.2, 0.25) is 0 Å². The van der Waals surface area contributed by atoms with Crippen molar-refractivity contribution in [2.45, 2.75) is 108 Å². The summed E-state index contributed by atoms with van der Waals surface area (Å²) in [5.41, 5.74) is 4.20. The zero-order valence-electron chi connectivity index (χ0n) is 23.0. The van der Waals surface area contributed by atoms with Crippen LogP contribution in [0, 0.1) is 16.5 Å². The third-order valence-corrected chi connectivity index (χ3v) is 11.7. The van der Waals surface area contributed by atoms with Gasteiger partial charge in [0.05, 0.1) is 29.8 Å². The Balaban J connectivity index is 1.24. The van der Waals surface area contributed by atoms with Crippen LogP contribution in [-0.4, -0.2) is 39.5 Å². The van der Waals surface area contributed by atoms with E-state index >= 15 is 0 Å². The maximum absolute atomic E-state index is 13.9. The molecule has 3 fully saturated rings. The van der Waals surface area contributed by atoms with Gasteiger partial charge < -0.3 is 14.6 Å². The Morgan fingerprint density at radius 2 is 2.00 bits per heavy atom. The van der Waals surface area contributed by atoms with Gasteiger partial charge in [-0.2, -0.15) is 0 Å². The predicted molar refractivity (Wildman–Crippen MR) is 149 cm³/mol. The molecule has 1 saturated heterocycles. The molecule has 5 aliphatic rings. The summed E-state index contributed by atoms with van der Waals surface area (Å²) in [6.45, 7) is 9.47. The van der Waals surface area contributed by atoms with E-state index in [1.54, 1.807) is 0 Å². The Bertz CT molecular complexity index is 1310. The van der Waals surface area contributed by atoms with Gasteiger partial charge in [0.15, 0.2) is 0 Å². The number of ether oxygens (including phenoxy) is 1. The van der Waals surface area contributed by atoms with Crippen molar-refractivity contribution < 1.29 is 9.38 Å². The molecule has 4 unspecified atom stereocenters. The zero-order chi connectivity index (χ0) is 25.6. The highest BCUT2D eigenvalue weighted by Gasteiger charge is 2.67. The second kappa shape index (κ2) is 8.00. The van der Waals surface area contributed by atoms with Crippen molar-refractivity contribution in [2.75, 3.05) is 6.54 Å². The average molecular weight is 499 g/mol. The predicted octanol–water partition coefficient (Wildman–Crippen LogP) is 7.59. The van der Waals surface area contributed by atoms with Crippen LogP contribution < -0.4 is 0 Å². The summed E-state index contributed by atoms with van der Waals surface area (Å²) in [7, 11) is 0. The molecule has 7 rings (SSSR count). The van der Waals surface area contributed by atoms with Crippen molar-refractivity contribution in [3.8, 4) is 0 Å². The zero-order valence-corrected chi connectivity index (χ0v) is 23.0. The SMILES string of the molecule is CC[N+]([O-])(C(C)C)C1CCC2=CC3=CCC4(C)C(c5ccc6ccncc6c5)CC[C@H]4[C@@]34CC[C@]2(C1)O4. The smallest absolute Gasteiger partial charge is 0.0975 e. The van der Waals surface area contributed by atoms with Crippen molar-refractivity contribution in [2.24, 2.45) is 11.3 Å². The topological polar surface area (TPSA) is 45.2 Å². The lowest BCUT2D eigenvalue weighted by Crippen LogP contribution is -2.61. The summed E-state index contributed by atoms with van der Waals surface area (Å²) < 4.78 is 7.39. The first kappa shape index (κ1) is 24.1. The van der Waals surface area contributed by atoms with E-state index in [1.165, 1.54) is 40.3 Å². The molecule has 0 radical (unpaired) electrons. The van der Waals surface area contributed by atoms with Crippen LogP contribution in [0.2, 0.25) is 0 Å². The molecule has 4 heteroatoms. The summed E-state index contributed by atoms with van der Waals surface area (Å²) in [6.07, 6.45) is 17.6. The molecule has 196 valence electrons. The minimum absolute atomic E-state index is 0.0753. The Hall–Kier alpha value is -2.01. The van der Waals surface area contributed by atoms with Crippen molar-refractivity contribution in [3.05, 3.63) is 70.7 Å². The first-order chi connectivity index (χ1) is 17.7. The van der Waals surface area contributed by atoms with Crippen LogP contribution in [0.3, 0.4) is 0 Å². The number of hydrogen-bond donors (Lipinski definition) is 0. The number of aromatic nitrogens is 1. The molecular weight excluding hydrogens is 456 g/mol.